The van der Waals surface area contributed by atoms with Gasteiger partial charge in [-0.3, -0.25) is 0 Å². The number of hydrogen-bond acceptors (Lipinski definition) is 2. The Labute approximate surface area is 339 Å². The van der Waals surface area contributed by atoms with E-state index in [-0.39, 0.29) is 11.5 Å². The summed E-state index contributed by atoms with van der Waals surface area (Å²) in [4.78, 5) is 2.47. The first kappa shape index (κ1) is 34.1. The van der Waals surface area contributed by atoms with Crippen LogP contribution in [0.25, 0.3) is 60.9 Å². The van der Waals surface area contributed by atoms with E-state index in [0.29, 0.717) is 0 Å². The van der Waals surface area contributed by atoms with Crippen LogP contribution in [0, 0.1) is 0 Å². The smallest absolute Gasteiger partial charge is 0.143 e. The van der Waals surface area contributed by atoms with Gasteiger partial charge in [-0.25, -0.2) is 0 Å². The predicted octanol–water partition coefficient (Wildman–Crippen LogP) is 14.8. The van der Waals surface area contributed by atoms with Crippen LogP contribution < -0.4 is 4.90 Å². The highest BCUT2D eigenvalue weighted by molar-refractivity contribution is 6.11. The Bertz CT molecular complexity index is 2980. The van der Waals surface area contributed by atoms with E-state index in [4.69, 9.17) is 4.42 Å². The molecule has 9 aromatic rings. The predicted molar refractivity (Wildman–Crippen MR) is 243 cm³/mol. The number of furan rings is 1. The Morgan fingerprint density at radius 3 is 1.57 bits per heavy atom. The molecule has 0 radical (unpaired) electrons. The molecule has 0 amide bonds. The minimum Gasteiger partial charge on any atom is -0.455 e. The molecule has 0 spiro atoms. The van der Waals surface area contributed by atoms with Crippen molar-refractivity contribution in [1.29, 1.82) is 0 Å². The van der Waals surface area contributed by atoms with E-state index in [1.54, 1.807) is 0 Å². The van der Waals surface area contributed by atoms with Gasteiger partial charge in [0.05, 0.1) is 6.04 Å². The summed E-state index contributed by atoms with van der Waals surface area (Å²) in [7, 11) is 0. The van der Waals surface area contributed by atoms with Crippen molar-refractivity contribution in [3.63, 3.8) is 0 Å². The molecule has 2 aliphatic carbocycles. The SMILES string of the molecule is CC1(c2cccc3c2oc2c(-c4ccc(N(c5ccc(-c6ccccc6)cc5)C5C=CC(c6ccccc6)=CC5)cc4)cccc23)c2ccccc2-c2ccccc21. The number of fused-ring (bicyclic) bond motifs is 6. The van der Waals surface area contributed by atoms with E-state index in [0.717, 1.165) is 50.9 Å². The summed E-state index contributed by atoms with van der Waals surface area (Å²) < 4.78 is 7.09. The molecule has 2 aliphatic rings. The van der Waals surface area contributed by atoms with Crippen LogP contribution in [0.1, 0.15) is 35.6 Å². The van der Waals surface area contributed by atoms with Gasteiger partial charge in [-0.15, -0.1) is 0 Å². The van der Waals surface area contributed by atoms with Crippen LogP contribution in [0.5, 0.6) is 0 Å². The summed E-state index contributed by atoms with van der Waals surface area (Å²) in [5.74, 6) is 0. The van der Waals surface area contributed by atoms with Gasteiger partial charge < -0.3 is 9.32 Å². The van der Waals surface area contributed by atoms with Crippen LogP contribution in [0.3, 0.4) is 0 Å². The first-order valence-corrected chi connectivity index (χ1v) is 20.3. The number of rotatable bonds is 7. The summed E-state index contributed by atoms with van der Waals surface area (Å²) >= 11 is 0. The van der Waals surface area contributed by atoms with Crippen molar-refractivity contribution in [2.45, 2.75) is 24.8 Å². The maximum Gasteiger partial charge on any atom is 0.143 e. The number of allylic oxidation sites excluding steroid dienone is 2. The van der Waals surface area contributed by atoms with Crippen LogP contribution >= 0.6 is 0 Å². The molecule has 11 rings (SSSR count). The Hall–Kier alpha value is -7.16. The molecule has 0 N–H and O–H groups in total. The second-order valence-electron chi connectivity index (χ2n) is 15.7. The van der Waals surface area contributed by atoms with E-state index in [9.17, 15) is 0 Å². The Morgan fingerprint density at radius 2 is 0.948 bits per heavy atom. The van der Waals surface area contributed by atoms with Crippen LogP contribution in [0.4, 0.5) is 11.4 Å². The fraction of sp³-hybridized carbons (Fsp3) is 0.0714. The van der Waals surface area contributed by atoms with Crippen LogP contribution in [-0.2, 0) is 5.41 Å². The molecule has 0 aliphatic heterocycles. The Kier molecular flexibility index (Phi) is 8.11. The molecule has 1 atom stereocenters. The monoisotopic (exact) mass is 743 g/mol. The average molecular weight is 744 g/mol. The maximum absolute atomic E-state index is 7.09. The zero-order chi connectivity index (χ0) is 38.6. The second-order valence-corrected chi connectivity index (χ2v) is 15.7. The molecule has 1 heterocycles. The summed E-state index contributed by atoms with van der Waals surface area (Å²) in [5.41, 5.74) is 17.4. The highest BCUT2D eigenvalue weighted by Crippen LogP contribution is 2.54. The van der Waals surface area contributed by atoms with E-state index >= 15 is 0 Å². The molecule has 0 saturated heterocycles. The topological polar surface area (TPSA) is 16.4 Å². The average Bonchev–Trinajstić information content (AvgIpc) is 3.81. The summed E-state index contributed by atoms with van der Waals surface area (Å²) in [5, 5.41) is 2.28. The van der Waals surface area contributed by atoms with Crippen molar-refractivity contribution >= 4 is 38.9 Å². The van der Waals surface area contributed by atoms with E-state index in [1.165, 1.54) is 50.1 Å². The molecule has 0 saturated carbocycles. The molecular formula is C56H41NO. The van der Waals surface area contributed by atoms with Gasteiger partial charge in [0.1, 0.15) is 11.2 Å². The number of nitrogens with zero attached hydrogens (tertiary/aromatic N) is 1. The van der Waals surface area contributed by atoms with Gasteiger partial charge in [0.2, 0.25) is 0 Å². The molecule has 8 aromatic carbocycles. The third-order valence-electron chi connectivity index (χ3n) is 12.5. The first-order valence-electron chi connectivity index (χ1n) is 20.3. The van der Waals surface area contributed by atoms with Crippen LogP contribution in [0.15, 0.2) is 217 Å². The largest absolute Gasteiger partial charge is 0.455 e. The highest BCUT2D eigenvalue weighted by atomic mass is 16.3. The van der Waals surface area contributed by atoms with E-state index < -0.39 is 0 Å². The molecule has 1 aromatic heterocycles. The lowest BCUT2D eigenvalue weighted by atomic mass is 9.74. The van der Waals surface area contributed by atoms with Crippen molar-refractivity contribution in [2.24, 2.45) is 0 Å². The van der Waals surface area contributed by atoms with Gasteiger partial charge >= 0.3 is 0 Å². The van der Waals surface area contributed by atoms with Crippen LogP contribution in [0.2, 0.25) is 0 Å². The van der Waals surface area contributed by atoms with E-state index in [1.807, 2.05) is 0 Å². The van der Waals surface area contributed by atoms with Crippen molar-refractivity contribution in [3.8, 4) is 33.4 Å². The van der Waals surface area contributed by atoms with Gasteiger partial charge in [0, 0.05) is 38.7 Å². The molecule has 2 nitrogen and oxygen atoms in total. The minimum absolute atomic E-state index is 0.158. The zero-order valence-electron chi connectivity index (χ0n) is 32.3. The molecule has 58 heavy (non-hydrogen) atoms. The quantitative estimate of drug-likeness (QED) is 0.162. The third kappa shape index (κ3) is 5.48. The van der Waals surface area contributed by atoms with Gasteiger partial charge in [-0.2, -0.15) is 0 Å². The first-order chi connectivity index (χ1) is 28.6. The third-order valence-corrected chi connectivity index (χ3v) is 12.5. The standard InChI is InChI=1S/C56H41NO/c1-56(51-23-10-8-18-47(51)48-19-9-11-24-52(48)56)53-25-13-22-50-49-21-12-20-46(54(49)58-55(50)53)42-30-36-45(37-31-42)57(43-32-26-40(27-33-43)38-14-4-2-5-15-38)44-34-28-41(29-35-44)39-16-6-3-7-17-39/h2-34,36-37,44H,35H2,1H3. The number of anilines is 2. The van der Waals surface area contributed by atoms with Gasteiger partial charge in [0.25, 0.3) is 0 Å². The van der Waals surface area contributed by atoms with Crippen molar-refractivity contribution in [2.75, 3.05) is 4.90 Å². The Balaban J connectivity index is 0.983. The van der Waals surface area contributed by atoms with Crippen molar-refractivity contribution in [1.82, 2.24) is 0 Å². The molecule has 0 bridgehead atoms. The van der Waals surface area contributed by atoms with Crippen molar-refractivity contribution < 1.29 is 4.42 Å². The lowest BCUT2D eigenvalue weighted by molar-refractivity contribution is 0.638. The number of benzene rings is 8. The summed E-state index contributed by atoms with van der Waals surface area (Å²) in [6, 6.07) is 70.4. The Morgan fingerprint density at radius 1 is 0.448 bits per heavy atom. The second kappa shape index (κ2) is 13.8. The molecule has 2 heteroatoms. The highest BCUT2D eigenvalue weighted by Gasteiger charge is 2.42. The fourth-order valence-corrected chi connectivity index (χ4v) is 9.61. The molecule has 276 valence electrons. The van der Waals surface area contributed by atoms with Crippen molar-refractivity contribution in [3.05, 3.63) is 235 Å². The minimum atomic E-state index is -0.351. The lowest BCUT2D eigenvalue weighted by Crippen LogP contribution is -2.30. The fourth-order valence-electron chi connectivity index (χ4n) is 9.61. The van der Waals surface area contributed by atoms with Gasteiger partial charge in [0.15, 0.2) is 0 Å². The number of hydrogen-bond donors (Lipinski definition) is 0. The van der Waals surface area contributed by atoms with E-state index in [2.05, 4.69) is 224 Å². The summed E-state index contributed by atoms with van der Waals surface area (Å²) in [6.45, 7) is 2.36. The van der Waals surface area contributed by atoms with Gasteiger partial charge in [-0.1, -0.05) is 188 Å². The zero-order valence-corrected chi connectivity index (χ0v) is 32.3. The summed E-state index contributed by atoms with van der Waals surface area (Å²) in [6.07, 6.45) is 7.91. The van der Waals surface area contributed by atoms with Gasteiger partial charge in [-0.05, 0) is 87.7 Å². The normalized spacial score (nSPS) is 15.3. The van der Waals surface area contributed by atoms with Crippen LogP contribution in [-0.4, -0.2) is 6.04 Å². The molecular weight excluding hydrogens is 703 g/mol. The molecule has 0 fully saturated rings. The molecule has 1 unspecified atom stereocenters. The maximum atomic E-state index is 7.09. The lowest BCUT2D eigenvalue weighted by Gasteiger charge is -2.33. The number of para-hydroxylation sites is 2.